The highest BCUT2D eigenvalue weighted by atomic mass is 32.2. The molecule has 7 heteroatoms. The van der Waals surface area contributed by atoms with Crippen LogP contribution in [-0.2, 0) is 10.5 Å². The molecule has 128 valence electrons. The van der Waals surface area contributed by atoms with E-state index < -0.39 is 0 Å². The standard InChI is InChI=1S/C18H18N4O2S/c1-12-6-8-14(9-7-12)16-20-21-18(22(16)19)25-11-13-4-3-5-15(10-13)17(23)24-2/h3-10H,11,19H2,1-2H3. The number of benzene rings is 2. The van der Waals surface area contributed by atoms with Crippen molar-refractivity contribution in [2.24, 2.45) is 0 Å². The van der Waals surface area contributed by atoms with Crippen LogP contribution in [0.4, 0.5) is 0 Å². The number of carbonyl (C=O) groups is 1. The molecule has 2 aromatic carbocycles. The first kappa shape index (κ1) is 17.0. The van der Waals surface area contributed by atoms with Gasteiger partial charge in [0.1, 0.15) is 0 Å². The minimum atomic E-state index is -0.351. The molecule has 0 amide bonds. The number of aromatic nitrogens is 3. The van der Waals surface area contributed by atoms with Crippen LogP contribution in [0, 0.1) is 6.92 Å². The van der Waals surface area contributed by atoms with Crippen molar-refractivity contribution >= 4 is 17.7 Å². The summed E-state index contributed by atoms with van der Waals surface area (Å²) in [7, 11) is 1.37. The van der Waals surface area contributed by atoms with Crippen molar-refractivity contribution in [1.29, 1.82) is 0 Å². The van der Waals surface area contributed by atoms with Gasteiger partial charge in [-0.2, -0.15) is 0 Å². The third-order valence-electron chi connectivity index (χ3n) is 3.69. The number of nitrogens with two attached hydrogens (primary N) is 1. The SMILES string of the molecule is COC(=O)c1cccc(CSc2nnc(-c3ccc(C)cc3)n2N)c1. The Balaban J connectivity index is 1.74. The van der Waals surface area contributed by atoms with Crippen molar-refractivity contribution in [2.45, 2.75) is 17.8 Å². The van der Waals surface area contributed by atoms with Gasteiger partial charge in [0.2, 0.25) is 5.16 Å². The number of nitrogen functional groups attached to an aromatic ring is 1. The Bertz CT molecular complexity index is 890. The maximum atomic E-state index is 11.6. The molecule has 0 saturated carbocycles. The average molecular weight is 354 g/mol. The molecule has 1 heterocycles. The molecule has 3 aromatic rings. The number of rotatable bonds is 5. The monoisotopic (exact) mass is 354 g/mol. The van der Waals surface area contributed by atoms with Gasteiger partial charge in [-0.1, -0.05) is 53.7 Å². The fourth-order valence-corrected chi connectivity index (χ4v) is 3.13. The van der Waals surface area contributed by atoms with E-state index >= 15 is 0 Å². The molecule has 0 aliphatic carbocycles. The van der Waals surface area contributed by atoms with Crippen LogP contribution in [0.25, 0.3) is 11.4 Å². The second-order valence-electron chi connectivity index (χ2n) is 5.52. The predicted octanol–water partition coefficient (Wildman–Crippen LogP) is 3.05. The average Bonchev–Trinajstić information content (AvgIpc) is 3.01. The van der Waals surface area contributed by atoms with Gasteiger partial charge in [-0.05, 0) is 24.6 Å². The summed E-state index contributed by atoms with van der Waals surface area (Å²) in [5, 5.41) is 8.95. The van der Waals surface area contributed by atoms with Crippen molar-refractivity contribution in [3.05, 3.63) is 65.2 Å². The minimum Gasteiger partial charge on any atom is -0.465 e. The molecule has 0 aliphatic heterocycles. The summed E-state index contributed by atoms with van der Waals surface area (Å²) in [5.74, 6) is 7.02. The number of methoxy groups -OCH3 is 1. The molecular weight excluding hydrogens is 336 g/mol. The summed E-state index contributed by atoms with van der Waals surface area (Å²) in [6.07, 6.45) is 0. The van der Waals surface area contributed by atoms with Gasteiger partial charge in [-0.3, -0.25) is 0 Å². The zero-order valence-corrected chi connectivity index (χ0v) is 14.8. The zero-order valence-electron chi connectivity index (χ0n) is 14.0. The van der Waals surface area contributed by atoms with Crippen molar-refractivity contribution in [2.75, 3.05) is 13.0 Å². The largest absolute Gasteiger partial charge is 0.465 e. The summed E-state index contributed by atoms with van der Waals surface area (Å²) in [4.78, 5) is 11.6. The molecule has 0 unspecified atom stereocenters. The van der Waals surface area contributed by atoms with E-state index in [1.807, 2.05) is 43.3 Å². The van der Waals surface area contributed by atoms with Crippen molar-refractivity contribution < 1.29 is 9.53 Å². The molecule has 2 N–H and O–H groups in total. The van der Waals surface area contributed by atoms with Gasteiger partial charge in [0.25, 0.3) is 0 Å². The maximum Gasteiger partial charge on any atom is 0.337 e. The Hall–Kier alpha value is -2.80. The molecule has 3 rings (SSSR count). The number of nitrogens with zero attached hydrogens (tertiary/aromatic N) is 3. The third-order valence-corrected chi connectivity index (χ3v) is 4.70. The third kappa shape index (κ3) is 3.83. The van der Waals surface area contributed by atoms with Gasteiger partial charge >= 0.3 is 5.97 Å². The molecule has 0 fully saturated rings. The smallest absolute Gasteiger partial charge is 0.337 e. The van der Waals surface area contributed by atoms with E-state index in [-0.39, 0.29) is 5.97 Å². The van der Waals surface area contributed by atoms with E-state index in [9.17, 15) is 4.79 Å². The number of thioether (sulfide) groups is 1. The predicted molar refractivity (Wildman–Crippen MR) is 97.7 cm³/mol. The number of carbonyl (C=O) groups excluding carboxylic acids is 1. The van der Waals surface area contributed by atoms with Crippen LogP contribution in [0.5, 0.6) is 0 Å². The van der Waals surface area contributed by atoms with Gasteiger partial charge in [0.05, 0.1) is 12.7 Å². The second-order valence-corrected chi connectivity index (χ2v) is 6.47. The Kier molecular flexibility index (Phi) is 5.04. The van der Waals surface area contributed by atoms with Gasteiger partial charge in [-0.15, -0.1) is 10.2 Å². The lowest BCUT2D eigenvalue weighted by Gasteiger charge is -2.05. The number of hydrogen-bond donors (Lipinski definition) is 1. The van der Waals surface area contributed by atoms with Gasteiger partial charge in [0, 0.05) is 11.3 Å². The number of hydrogen-bond acceptors (Lipinski definition) is 6. The second kappa shape index (κ2) is 7.40. The van der Waals surface area contributed by atoms with Crippen molar-refractivity contribution in [3.63, 3.8) is 0 Å². The maximum absolute atomic E-state index is 11.6. The van der Waals surface area contributed by atoms with Crippen LogP contribution < -0.4 is 5.84 Å². The molecule has 1 aromatic heterocycles. The molecule has 0 spiro atoms. The molecular formula is C18H18N4O2S. The number of esters is 1. The fourth-order valence-electron chi connectivity index (χ4n) is 2.33. The summed E-state index contributed by atoms with van der Waals surface area (Å²) in [6.45, 7) is 2.03. The summed E-state index contributed by atoms with van der Waals surface area (Å²) in [5.41, 5.74) is 3.59. The number of ether oxygens (including phenoxy) is 1. The lowest BCUT2D eigenvalue weighted by atomic mass is 10.1. The number of aryl methyl sites for hydroxylation is 1. The first-order valence-electron chi connectivity index (χ1n) is 7.66. The minimum absolute atomic E-state index is 0.351. The highest BCUT2D eigenvalue weighted by Crippen LogP contribution is 2.25. The van der Waals surface area contributed by atoms with E-state index in [1.54, 1.807) is 12.1 Å². The van der Waals surface area contributed by atoms with E-state index in [4.69, 9.17) is 10.6 Å². The molecule has 0 bridgehead atoms. The van der Waals surface area contributed by atoms with E-state index in [2.05, 4.69) is 10.2 Å². The molecule has 25 heavy (non-hydrogen) atoms. The van der Waals surface area contributed by atoms with Gasteiger partial charge in [0.15, 0.2) is 5.82 Å². The molecule has 0 radical (unpaired) electrons. The first-order valence-corrected chi connectivity index (χ1v) is 8.64. The molecule has 0 atom stereocenters. The Labute approximate surface area is 150 Å². The lowest BCUT2D eigenvalue weighted by Crippen LogP contribution is -2.11. The van der Waals surface area contributed by atoms with Crippen LogP contribution >= 0.6 is 11.8 Å². The van der Waals surface area contributed by atoms with Gasteiger partial charge < -0.3 is 10.6 Å². The summed E-state index contributed by atoms with van der Waals surface area (Å²) >= 11 is 1.46. The van der Waals surface area contributed by atoms with Crippen LogP contribution in [0.1, 0.15) is 21.5 Å². The Morgan fingerprint density at radius 3 is 2.68 bits per heavy atom. The van der Waals surface area contributed by atoms with Gasteiger partial charge in [-0.25, -0.2) is 9.47 Å². The van der Waals surface area contributed by atoms with E-state index in [0.717, 1.165) is 11.1 Å². The van der Waals surface area contributed by atoms with Crippen molar-refractivity contribution in [3.8, 4) is 11.4 Å². The van der Waals surface area contributed by atoms with Crippen LogP contribution in [-0.4, -0.2) is 28.0 Å². The van der Waals surface area contributed by atoms with Crippen LogP contribution in [0.2, 0.25) is 0 Å². The Morgan fingerprint density at radius 2 is 1.96 bits per heavy atom. The lowest BCUT2D eigenvalue weighted by molar-refractivity contribution is 0.0600. The van der Waals surface area contributed by atoms with E-state index in [1.165, 1.54) is 29.1 Å². The zero-order chi connectivity index (χ0) is 17.8. The normalized spacial score (nSPS) is 10.6. The molecule has 0 saturated heterocycles. The van der Waals surface area contributed by atoms with Crippen LogP contribution in [0.15, 0.2) is 53.7 Å². The molecule has 6 nitrogen and oxygen atoms in total. The Morgan fingerprint density at radius 1 is 1.20 bits per heavy atom. The quantitative estimate of drug-likeness (QED) is 0.431. The summed E-state index contributed by atoms with van der Waals surface area (Å²) in [6, 6.07) is 15.3. The van der Waals surface area contributed by atoms with E-state index in [0.29, 0.717) is 22.3 Å². The fraction of sp³-hybridized carbons (Fsp3) is 0.167. The highest BCUT2D eigenvalue weighted by Gasteiger charge is 2.13. The summed E-state index contributed by atoms with van der Waals surface area (Å²) < 4.78 is 6.23. The molecule has 0 aliphatic rings. The first-order chi connectivity index (χ1) is 12.1. The highest BCUT2D eigenvalue weighted by molar-refractivity contribution is 7.98. The topological polar surface area (TPSA) is 83.0 Å². The van der Waals surface area contributed by atoms with Crippen molar-refractivity contribution in [1.82, 2.24) is 14.9 Å². The van der Waals surface area contributed by atoms with Crippen LogP contribution in [0.3, 0.4) is 0 Å².